The van der Waals surface area contributed by atoms with Crippen LogP contribution in [0, 0.1) is 0 Å². The maximum Gasteiger partial charge on any atom is 0.207 e. The van der Waals surface area contributed by atoms with Crippen molar-refractivity contribution in [2.75, 3.05) is 0 Å². The molecule has 51 heavy (non-hydrogen) atoms. The summed E-state index contributed by atoms with van der Waals surface area (Å²) in [4.78, 5) is 1.24. The third-order valence-corrected chi connectivity index (χ3v) is 14.5. The summed E-state index contributed by atoms with van der Waals surface area (Å²) in [5.41, 5.74) is 10.4. The van der Waals surface area contributed by atoms with Crippen molar-refractivity contribution in [2.24, 2.45) is 0 Å². The number of aliphatic hydroxyl groups is 1. The largest absolute Gasteiger partial charge is 0.369 e. The fourth-order valence-electron chi connectivity index (χ4n) is 8.47. The van der Waals surface area contributed by atoms with Crippen LogP contribution in [0.3, 0.4) is 0 Å². The maximum atomic E-state index is 13.7. The average Bonchev–Trinajstić information content (AvgIpc) is 3.70. The van der Waals surface area contributed by atoms with Crippen LogP contribution in [-0.4, -0.2) is 26.5 Å². The molecule has 0 radical (unpaired) electrons. The minimum atomic E-state index is -3.68. The fourth-order valence-corrected chi connectivity index (χ4v) is 11.9. The highest BCUT2D eigenvalue weighted by atomic mass is 32.2. The highest BCUT2D eigenvalue weighted by Gasteiger charge is 2.35. The van der Waals surface area contributed by atoms with Crippen molar-refractivity contribution < 1.29 is 21.9 Å². The molecule has 11 rings (SSSR count). The molecule has 8 aromatic rings. The van der Waals surface area contributed by atoms with E-state index in [0.717, 1.165) is 60.8 Å². The number of aliphatic hydroxyl groups excluding tert-OH is 1. The molecule has 0 bridgehead atoms. The Morgan fingerprint density at radius 1 is 0.431 bits per heavy atom. The average molecular weight is 700 g/mol. The Morgan fingerprint density at radius 3 is 1.57 bits per heavy atom. The molecule has 4 heterocycles. The van der Waals surface area contributed by atoms with E-state index in [1.165, 1.54) is 0 Å². The summed E-state index contributed by atoms with van der Waals surface area (Å²) in [6.45, 7) is 0. The first-order valence-electron chi connectivity index (χ1n) is 16.6. The van der Waals surface area contributed by atoms with Gasteiger partial charge < -0.3 is 9.67 Å². The Bertz CT molecular complexity index is 3140. The van der Waals surface area contributed by atoms with Gasteiger partial charge in [0.15, 0.2) is 6.23 Å². The normalized spacial score (nSPS) is 16.8. The highest BCUT2D eigenvalue weighted by molar-refractivity contribution is 7.92. The van der Waals surface area contributed by atoms with Gasteiger partial charge in [-0.1, -0.05) is 91.0 Å². The lowest BCUT2D eigenvalue weighted by molar-refractivity contribution is 0.155. The fraction of sp³-hybridized carbons (Fsp3) is 0.0233. The molecular formula is C43H25NO5S2. The van der Waals surface area contributed by atoms with Crippen molar-refractivity contribution in [2.45, 2.75) is 25.8 Å². The molecule has 0 aliphatic carbocycles. The van der Waals surface area contributed by atoms with Crippen LogP contribution in [-0.2, 0) is 19.7 Å². The van der Waals surface area contributed by atoms with Gasteiger partial charge in [0.05, 0.1) is 30.6 Å². The van der Waals surface area contributed by atoms with Crippen molar-refractivity contribution >= 4 is 41.5 Å². The molecule has 0 amide bonds. The Morgan fingerprint density at radius 2 is 0.922 bits per heavy atom. The second-order valence-electron chi connectivity index (χ2n) is 13.4. The zero-order chi connectivity index (χ0) is 34.4. The van der Waals surface area contributed by atoms with E-state index in [-0.39, 0.29) is 0 Å². The molecule has 6 nitrogen and oxygen atoms in total. The smallest absolute Gasteiger partial charge is 0.207 e. The standard InChI is InChI=1S/C43H25NO5S2/c45-43-33-10-2-1-7-28(33)35-20-27(26-14-17-32-30-9-4-6-12-39(30)51(48,49)41(32)23-26)21-36-34-19-24(15-18-37(34)44(43)42(35)36)25-13-16-31-29-8-3-5-11-38(29)50(46,47)40(31)22-25/h1-23,43,45H. The van der Waals surface area contributed by atoms with Crippen LogP contribution in [0.25, 0.3) is 77.4 Å². The molecule has 0 fully saturated rings. The lowest BCUT2D eigenvalue weighted by Crippen LogP contribution is -2.15. The van der Waals surface area contributed by atoms with E-state index in [0.29, 0.717) is 41.8 Å². The van der Waals surface area contributed by atoms with Crippen LogP contribution >= 0.6 is 0 Å². The predicted molar refractivity (Wildman–Crippen MR) is 198 cm³/mol. The minimum Gasteiger partial charge on any atom is -0.369 e. The molecule has 0 saturated heterocycles. The topological polar surface area (TPSA) is 93.4 Å². The molecule has 7 aromatic carbocycles. The van der Waals surface area contributed by atoms with Gasteiger partial charge in [-0.2, -0.15) is 0 Å². The molecule has 8 heteroatoms. The first kappa shape index (κ1) is 29.0. The van der Waals surface area contributed by atoms with Crippen LogP contribution in [0.4, 0.5) is 0 Å². The Hall–Kier alpha value is -5.80. The molecule has 1 atom stereocenters. The van der Waals surface area contributed by atoms with Gasteiger partial charge in [-0.25, -0.2) is 16.8 Å². The summed E-state index contributed by atoms with van der Waals surface area (Å²) >= 11 is 0. The number of hydrogen-bond acceptors (Lipinski definition) is 5. The molecule has 1 aromatic heterocycles. The number of aromatic nitrogens is 1. The molecular weight excluding hydrogens is 675 g/mol. The van der Waals surface area contributed by atoms with Crippen LogP contribution in [0.15, 0.2) is 159 Å². The van der Waals surface area contributed by atoms with E-state index < -0.39 is 25.9 Å². The molecule has 1 unspecified atom stereocenters. The van der Waals surface area contributed by atoms with Crippen LogP contribution in [0.2, 0.25) is 0 Å². The first-order chi connectivity index (χ1) is 24.7. The summed E-state index contributed by atoms with van der Waals surface area (Å²) < 4.78 is 56.4. The Labute approximate surface area is 293 Å². The van der Waals surface area contributed by atoms with E-state index >= 15 is 0 Å². The molecule has 244 valence electrons. The van der Waals surface area contributed by atoms with E-state index in [9.17, 15) is 21.9 Å². The number of hydrogen-bond donors (Lipinski definition) is 1. The van der Waals surface area contributed by atoms with Crippen molar-refractivity contribution in [1.29, 1.82) is 0 Å². The van der Waals surface area contributed by atoms with Crippen molar-refractivity contribution in [1.82, 2.24) is 4.57 Å². The van der Waals surface area contributed by atoms with E-state index in [1.807, 2.05) is 89.5 Å². The summed E-state index contributed by atoms with van der Waals surface area (Å²) in [6, 6.07) is 43.4. The van der Waals surface area contributed by atoms with Gasteiger partial charge in [0, 0.05) is 44.2 Å². The van der Waals surface area contributed by atoms with Gasteiger partial charge in [-0.15, -0.1) is 0 Å². The van der Waals surface area contributed by atoms with Gasteiger partial charge in [-0.3, -0.25) is 0 Å². The number of benzene rings is 7. The quantitative estimate of drug-likeness (QED) is 0.194. The Balaban J connectivity index is 1.15. The van der Waals surface area contributed by atoms with Crippen molar-refractivity contribution in [3.05, 3.63) is 145 Å². The predicted octanol–water partition coefficient (Wildman–Crippen LogP) is 9.27. The maximum absolute atomic E-state index is 13.7. The second-order valence-corrected chi connectivity index (χ2v) is 17.2. The van der Waals surface area contributed by atoms with E-state index in [2.05, 4.69) is 18.2 Å². The van der Waals surface area contributed by atoms with E-state index in [1.54, 1.807) is 36.4 Å². The van der Waals surface area contributed by atoms with Crippen LogP contribution in [0.5, 0.6) is 0 Å². The van der Waals surface area contributed by atoms with Gasteiger partial charge in [0.1, 0.15) is 0 Å². The van der Waals surface area contributed by atoms with Gasteiger partial charge in [0.2, 0.25) is 19.7 Å². The number of nitrogens with zero attached hydrogens (tertiary/aromatic N) is 1. The zero-order valence-electron chi connectivity index (χ0n) is 26.7. The SMILES string of the molecule is O=S1(=O)c2ccccc2-c2ccc(-c3ccc4c(c3)c3cc(-c5ccc6c(c5)S(=O)(=O)c5ccccc5-6)cc5c3n4C(O)c3ccccc3-5)cc21. The summed E-state index contributed by atoms with van der Waals surface area (Å²) in [7, 11) is -7.33. The third-order valence-electron chi connectivity index (χ3n) is 10.8. The summed E-state index contributed by atoms with van der Waals surface area (Å²) in [5, 5.41) is 13.6. The summed E-state index contributed by atoms with van der Waals surface area (Å²) in [6.07, 6.45) is -0.919. The van der Waals surface area contributed by atoms with Crippen LogP contribution < -0.4 is 0 Å². The molecule has 3 aliphatic heterocycles. The lowest BCUT2D eigenvalue weighted by Gasteiger charge is -2.26. The molecule has 0 spiro atoms. The monoisotopic (exact) mass is 699 g/mol. The Kier molecular flexibility index (Phi) is 5.51. The first-order valence-corrected chi connectivity index (χ1v) is 19.6. The molecule has 1 N–H and O–H groups in total. The second kappa shape index (κ2) is 9.70. The van der Waals surface area contributed by atoms with Gasteiger partial charge in [0.25, 0.3) is 0 Å². The minimum absolute atomic E-state index is 0.296. The number of sulfone groups is 2. The molecule has 3 aliphatic rings. The van der Waals surface area contributed by atoms with E-state index in [4.69, 9.17) is 0 Å². The number of fused-ring (bicyclic) bond motifs is 11. The number of rotatable bonds is 2. The summed E-state index contributed by atoms with van der Waals surface area (Å²) in [5.74, 6) is 0. The van der Waals surface area contributed by atoms with Crippen LogP contribution in [0.1, 0.15) is 11.8 Å². The van der Waals surface area contributed by atoms with Crippen molar-refractivity contribution in [3.63, 3.8) is 0 Å². The van der Waals surface area contributed by atoms with Crippen molar-refractivity contribution in [3.8, 4) is 55.6 Å². The highest BCUT2D eigenvalue weighted by Crippen LogP contribution is 2.50. The molecule has 0 saturated carbocycles. The zero-order valence-corrected chi connectivity index (χ0v) is 28.3. The van der Waals surface area contributed by atoms with Gasteiger partial charge >= 0.3 is 0 Å². The lowest BCUT2D eigenvalue weighted by atomic mass is 9.90. The third kappa shape index (κ3) is 3.68. The van der Waals surface area contributed by atoms with Gasteiger partial charge in [-0.05, 0) is 76.3 Å².